The van der Waals surface area contributed by atoms with E-state index in [0.29, 0.717) is 13.0 Å². The summed E-state index contributed by atoms with van der Waals surface area (Å²) in [6.07, 6.45) is -1.75. The lowest BCUT2D eigenvalue weighted by atomic mass is 10.0. The van der Waals surface area contributed by atoms with Crippen LogP contribution in [0.15, 0.2) is 12.1 Å². The second-order valence-corrected chi connectivity index (χ2v) is 5.52. The molecule has 5 heteroatoms. The predicted molar refractivity (Wildman–Crippen MR) is 75.6 cm³/mol. The Kier molecular flexibility index (Phi) is 6.72. The Morgan fingerprint density at radius 1 is 1.21 bits per heavy atom. The molecule has 2 nitrogen and oxygen atoms in total. The molecule has 0 bridgehead atoms. The molecule has 0 aliphatic heterocycles. The first kappa shape index (κ1) is 16.4. The first-order valence-electron chi connectivity index (χ1n) is 6.10. The average molecular weight is 337 g/mol. The van der Waals surface area contributed by atoms with Gasteiger partial charge in [-0.15, -0.1) is 0 Å². The minimum Gasteiger partial charge on any atom is -0.496 e. The minimum atomic E-state index is -2.40. The number of methoxy groups -OCH3 is 1. The molecule has 1 rings (SSSR count). The molecule has 0 saturated heterocycles. The van der Waals surface area contributed by atoms with Crippen molar-refractivity contribution in [1.82, 2.24) is 0 Å². The summed E-state index contributed by atoms with van der Waals surface area (Å²) in [6, 6.07) is 4.08. The monoisotopic (exact) mass is 336 g/mol. The molecule has 0 aliphatic rings. The highest BCUT2D eigenvalue weighted by Gasteiger charge is 2.12. The van der Waals surface area contributed by atoms with E-state index in [2.05, 4.69) is 15.9 Å². The number of hydrogen-bond acceptors (Lipinski definition) is 2. The molecule has 0 fully saturated rings. The lowest BCUT2D eigenvalue weighted by Gasteiger charge is -2.15. The summed E-state index contributed by atoms with van der Waals surface area (Å²) in [5, 5.41) is 0. The van der Waals surface area contributed by atoms with Gasteiger partial charge in [-0.05, 0) is 37.0 Å². The van der Waals surface area contributed by atoms with Crippen molar-refractivity contribution in [2.75, 3.05) is 20.3 Å². The minimum absolute atomic E-state index is 0.0912. The molecule has 1 atom stereocenters. The van der Waals surface area contributed by atoms with Gasteiger partial charge in [-0.1, -0.05) is 28.1 Å². The van der Waals surface area contributed by atoms with Crippen LogP contribution >= 0.6 is 15.9 Å². The fourth-order valence-corrected chi connectivity index (χ4v) is 2.46. The van der Waals surface area contributed by atoms with Crippen molar-refractivity contribution >= 4 is 15.9 Å². The SMILES string of the molecule is COc1c(C)cc(C(Br)CCOCC(F)F)cc1C. The zero-order valence-corrected chi connectivity index (χ0v) is 13.0. The molecule has 0 aliphatic carbocycles. The van der Waals surface area contributed by atoms with Crippen LogP contribution in [0.2, 0.25) is 0 Å². The summed E-state index contributed by atoms with van der Waals surface area (Å²) in [7, 11) is 1.65. The van der Waals surface area contributed by atoms with Crippen LogP contribution in [0.25, 0.3) is 0 Å². The van der Waals surface area contributed by atoms with E-state index in [4.69, 9.17) is 9.47 Å². The van der Waals surface area contributed by atoms with E-state index in [1.54, 1.807) is 7.11 Å². The summed E-state index contributed by atoms with van der Waals surface area (Å²) in [5.74, 6) is 0.886. The second kappa shape index (κ2) is 7.80. The van der Waals surface area contributed by atoms with Gasteiger partial charge in [0.2, 0.25) is 0 Å². The molecule has 1 aromatic carbocycles. The van der Waals surface area contributed by atoms with Crippen LogP contribution in [-0.4, -0.2) is 26.7 Å². The van der Waals surface area contributed by atoms with Gasteiger partial charge < -0.3 is 9.47 Å². The number of ether oxygens (including phenoxy) is 2. The molecule has 19 heavy (non-hydrogen) atoms. The lowest BCUT2D eigenvalue weighted by Crippen LogP contribution is -2.07. The van der Waals surface area contributed by atoms with Gasteiger partial charge in [-0.3, -0.25) is 0 Å². The number of halogens is 3. The van der Waals surface area contributed by atoms with Crippen LogP contribution in [0.4, 0.5) is 8.78 Å². The van der Waals surface area contributed by atoms with Crippen LogP contribution in [0.5, 0.6) is 5.75 Å². The van der Waals surface area contributed by atoms with Gasteiger partial charge in [0.1, 0.15) is 12.4 Å². The summed E-state index contributed by atoms with van der Waals surface area (Å²) in [5.41, 5.74) is 3.24. The van der Waals surface area contributed by atoms with E-state index in [1.807, 2.05) is 26.0 Å². The molecule has 0 spiro atoms. The molecule has 0 saturated carbocycles. The van der Waals surface area contributed by atoms with Crippen LogP contribution in [0, 0.1) is 13.8 Å². The van der Waals surface area contributed by atoms with Gasteiger partial charge in [0.25, 0.3) is 6.43 Å². The van der Waals surface area contributed by atoms with Crippen molar-refractivity contribution in [2.24, 2.45) is 0 Å². The Hall–Kier alpha value is -0.680. The van der Waals surface area contributed by atoms with E-state index >= 15 is 0 Å². The molecule has 1 aromatic rings. The molecule has 0 radical (unpaired) electrons. The topological polar surface area (TPSA) is 18.5 Å². The third-order valence-corrected chi connectivity index (χ3v) is 3.79. The van der Waals surface area contributed by atoms with Gasteiger partial charge in [0.05, 0.1) is 7.11 Å². The highest BCUT2D eigenvalue weighted by molar-refractivity contribution is 9.09. The van der Waals surface area contributed by atoms with Crippen molar-refractivity contribution in [3.05, 3.63) is 28.8 Å². The summed E-state index contributed by atoms with van der Waals surface area (Å²) < 4.78 is 34.0. The predicted octanol–water partition coefficient (Wildman–Crippen LogP) is 4.42. The maximum Gasteiger partial charge on any atom is 0.261 e. The van der Waals surface area contributed by atoms with E-state index in [9.17, 15) is 8.78 Å². The van der Waals surface area contributed by atoms with Gasteiger partial charge >= 0.3 is 0 Å². The maximum atomic E-state index is 11.9. The lowest BCUT2D eigenvalue weighted by molar-refractivity contribution is 0.0167. The highest BCUT2D eigenvalue weighted by atomic mass is 79.9. The molecule has 0 amide bonds. The Morgan fingerprint density at radius 2 is 1.79 bits per heavy atom. The number of alkyl halides is 3. The molecule has 0 heterocycles. The first-order valence-corrected chi connectivity index (χ1v) is 7.02. The van der Waals surface area contributed by atoms with E-state index in [1.165, 1.54) is 0 Å². The zero-order valence-electron chi connectivity index (χ0n) is 11.4. The Labute approximate surface area is 121 Å². The summed E-state index contributed by atoms with van der Waals surface area (Å²) in [6.45, 7) is 3.79. The third-order valence-electron chi connectivity index (χ3n) is 2.81. The summed E-state index contributed by atoms with van der Waals surface area (Å²) >= 11 is 3.56. The number of rotatable bonds is 7. The standard InChI is InChI=1S/C14H19BrF2O2/c1-9-6-11(7-10(2)14(9)18-3)12(15)4-5-19-8-13(16)17/h6-7,12-13H,4-5,8H2,1-3H3. The third kappa shape index (κ3) is 5.07. The number of benzene rings is 1. The molecule has 0 N–H and O–H groups in total. The van der Waals surface area contributed by atoms with Crippen LogP contribution < -0.4 is 4.74 Å². The Morgan fingerprint density at radius 3 is 2.26 bits per heavy atom. The Bertz CT molecular complexity index is 387. The van der Waals surface area contributed by atoms with Gasteiger partial charge in [-0.25, -0.2) is 8.78 Å². The Balaban J connectivity index is 2.60. The van der Waals surface area contributed by atoms with E-state index < -0.39 is 13.0 Å². The quantitative estimate of drug-likeness (QED) is 0.542. The number of aryl methyl sites for hydroxylation is 2. The van der Waals surface area contributed by atoms with Crippen LogP contribution in [0.3, 0.4) is 0 Å². The van der Waals surface area contributed by atoms with Crippen molar-refractivity contribution in [3.8, 4) is 5.75 Å². The van der Waals surface area contributed by atoms with Crippen molar-refractivity contribution in [1.29, 1.82) is 0 Å². The maximum absolute atomic E-state index is 11.9. The van der Waals surface area contributed by atoms with Gasteiger partial charge in [0, 0.05) is 11.4 Å². The largest absolute Gasteiger partial charge is 0.496 e. The summed E-state index contributed by atoms with van der Waals surface area (Å²) in [4.78, 5) is 0.0912. The van der Waals surface area contributed by atoms with Crippen molar-refractivity contribution in [2.45, 2.75) is 31.5 Å². The highest BCUT2D eigenvalue weighted by Crippen LogP contribution is 2.32. The molecule has 108 valence electrons. The molecule has 0 aromatic heterocycles. The van der Waals surface area contributed by atoms with E-state index in [0.717, 1.165) is 22.4 Å². The number of hydrogen-bond donors (Lipinski definition) is 0. The van der Waals surface area contributed by atoms with Gasteiger partial charge in [0.15, 0.2) is 0 Å². The van der Waals surface area contributed by atoms with Crippen molar-refractivity contribution < 1.29 is 18.3 Å². The molecular weight excluding hydrogens is 318 g/mol. The zero-order chi connectivity index (χ0) is 14.4. The fourth-order valence-electron chi connectivity index (χ4n) is 2.01. The molecule has 1 unspecified atom stereocenters. The average Bonchev–Trinajstić information content (AvgIpc) is 2.33. The van der Waals surface area contributed by atoms with Gasteiger partial charge in [-0.2, -0.15) is 0 Å². The smallest absolute Gasteiger partial charge is 0.261 e. The van der Waals surface area contributed by atoms with Crippen LogP contribution in [-0.2, 0) is 4.74 Å². The first-order chi connectivity index (χ1) is 8.95. The normalized spacial score (nSPS) is 12.8. The van der Waals surface area contributed by atoms with E-state index in [-0.39, 0.29) is 4.83 Å². The van der Waals surface area contributed by atoms with Crippen molar-refractivity contribution in [3.63, 3.8) is 0 Å². The fraction of sp³-hybridized carbons (Fsp3) is 0.571. The molecular formula is C14H19BrF2O2. The second-order valence-electron chi connectivity index (χ2n) is 4.41. The van der Waals surface area contributed by atoms with Crippen LogP contribution in [0.1, 0.15) is 27.9 Å².